The lowest BCUT2D eigenvalue weighted by Gasteiger charge is -2.30. The summed E-state index contributed by atoms with van der Waals surface area (Å²) in [7, 11) is 1.01. The first-order chi connectivity index (χ1) is 51.1. The van der Waals surface area contributed by atoms with E-state index in [9.17, 15) is 18.3 Å². The molecule has 104 heavy (non-hydrogen) atoms. The number of halogens is 3. The second kappa shape index (κ2) is 35.6. The Morgan fingerprint density at radius 1 is 0.308 bits per heavy atom. The van der Waals surface area contributed by atoms with Crippen LogP contribution in [0.3, 0.4) is 0 Å². The summed E-state index contributed by atoms with van der Waals surface area (Å²) in [6, 6.07) is 113. The molecule has 2 aliphatic heterocycles. The van der Waals surface area contributed by atoms with Crippen molar-refractivity contribution in [1.82, 2.24) is 0 Å². The highest BCUT2D eigenvalue weighted by atomic mass is 32.2. The third kappa shape index (κ3) is 18.1. The van der Waals surface area contributed by atoms with Crippen molar-refractivity contribution in [3.05, 3.63) is 417 Å². The average molecular weight is 1460 g/mol. The van der Waals surface area contributed by atoms with Gasteiger partial charge in [0.15, 0.2) is 88.1 Å². The quantitative estimate of drug-likeness (QED) is 0.124. The highest BCUT2D eigenvalue weighted by molar-refractivity contribution is 7.98. The Kier molecular flexibility index (Phi) is 24.6. The molecule has 0 aromatic heterocycles. The molecule has 6 atom stereocenters. The van der Waals surface area contributed by atoms with Crippen LogP contribution in [-0.2, 0) is 54.5 Å². The van der Waals surface area contributed by atoms with Crippen molar-refractivity contribution in [2.24, 2.45) is 0 Å². The van der Waals surface area contributed by atoms with Crippen molar-refractivity contribution in [1.29, 1.82) is 0 Å². The summed E-state index contributed by atoms with van der Waals surface area (Å²) < 4.78 is 57.1. The Morgan fingerprint density at radius 3 is 0.894 bits per heavy atom. The van der Waals surface area contributed by atoms with E-state index in [2.05, 4.69) is 207 Å². The number of aryl methyl sites for hydroxylation is 1. The van der Waals surface area contributed by atoms with Crippen LogP contribution in [0.2, 0.25) is 0 Å². The molecule has 2 aliphatic carbocycles. The van der Waals surface area contributed by atoms with Crippen LogP contribution in [0, 0.1) is 24.4 Å². The van der Waals surface area contributed by atoms with Gasteiger partial charge in [0, 0.05) is 0 Å². The summed E-state index contributed by atoms with van der Waals surface area (Å²) in [4.78, 5) is 15.9. The van der Waals surface area contributed by atoms with Gasteiger partial charge in [0.05, 0.1) is 61.6 Å². The first-order valence-corrected chi connectivity index (χ1v) is 40.3. The minimum Gasteiger partial charge on any atom is -0.508 e. The van der Waals surface area contributed by atoms with Crippen molar-refractivity contribution < 1.29 is 32.5 Å². The van der Waals surface area contributed by atoms with Crippen LogP contribution >= 0.6 is 0 Å². The molecular formula is C92H76F3O4S5+5. The molecule has 0 fully saturated rings. The molecule has 12 heteroatoms. The van der Waals surface area contributed by atoms with Gasteiger partial charge in [-0.1, -0.05) is 157 Å². The molecule has 0 spiro atoms. The van der Waals surface area contributed by atoms with E-state index in [1.54, 1.807) is 43.5 Å². The van der Waals surface area contributed by atoms with E-state index in [1.165, 1.54) is 86.0 Å². The van der Waals surface area contributed by atoms with Crippen molar-refractivity contribution in [3.63, 3.8) is 0 Å². The number of rotatable bonds is 12. The monoisotopic (exact) mass is 1460 g/mol. The zero-order valence-electron chi connectivity index (χ0n) is 57.2. The van der Waals surface area contributed by atoms with Crippen LogP contribution < -0.4 is 14.2 Å². The third-order valence-corrected chi connectivity index (χ3v) is 28.8. The summed E-state index contributed by atoms with van der Waals surface area (Å²) >= 11 is 0. The van der Waals surface area contributed by atoms with Crippen LogP contribution in [0.4, 0.5) is 13.2 Å². The minimum atomic E-state index is -0.365. The molecule has 0 bridgehead atoms. The van der Waals surface area contributed by atoms with Gasteiger partial charge < -0.3 is 19.3 Å². The van der Waals surface area contributed by atoms with Gasteiger partial charge in [0.2, 0.25) is 9.79 Å². The molecule has 6 unspecified atom stereocenters. The highest BCUT2D eigenvalue weighted by Crippen LogP contribution is 2.45. The summed E-state index contributed by atoms with van der Waals surface area (Å²) in [5.41, 5.74) is 1.31. The van der Waals surface area contributed by atoms with E-state index in [-0.39, 0.29) is 84.1 Å². The zero-order chi connectivity index (χ0) is 71.4. The summed E-state index contributed by atoms with van der Waals surface area (Å²) in [6.07, 6.45) is 17.4. The van der Waals surface area contributed by atoms with Gasteiger partial charge in [-0.2, -0.15) is 0 Å². The fourth-order valence-electron chi connectivity index (χ4n) is 12.1. The molecular weight excluding hydrogens is 1390 g/mol. The number of aromatic hydroxyl groups is 1. The third-order valence-electron chi connectivity index (χ3n) is 17.0. The van der Waals surface area contributed by atoms with E-state index >= 15 is 0 Å². The van der Waals surface area contributed by atoms with Crippen molar-refractivity contribution >= 4 is 54.5 Å². The molecule has 17 rings (SSSR count). The number of ether oxygens (including phenoxy) is 3. The fourth-order valence-corrected chi connectivity index (χ4v) is 23.3. The molecule has 0 amide bonds. The standard InChI is InChI=1S/2C19H17OS.C18H13F2S.C18H14FS.C18H14O2S/c1-14-10-12-15(13-11-14)21-18-8-4-2-6-16(18)20-17-7-3-5-9-19(17)21;1-20-16-12-14-19(15-13-16)21(17-8-4-2-5-9-17)18-10-6-3-7-11-18;19-14-6-10-17(11-7-14)21(16-4-2-1-3-5-16)18-12-8-15(20)9-13-18;19-15-11-13-18(14-12-15)20(16-7-3-1-4-8-16)17-9-5-2-6-10-17;19-13-9-11-14(12-10-13)21-17-7-3-1-5-15(17)20-16-6-2-4-8-18(16)21/h2-13,16,18H,1H3;2-15H,1H3;1-13H;1-14H;1-12,15,17H/q4*+1;/p+1. The first kappa shape index (κ1) is 71.9. The topological polar surface area (TPSA) is 47.9 Å². The Balaban J connectivity index is 0.000000116. The first-order valence-electron chi connectivity index (χ1n) is 34.0. The van der Waals surface area contributed by atoms with Gasteiger partial charge >= 0.3 is 0 Å². The maximum atomic E-state index is 13.2. The number of para-hydroxylation sites is 2. The van der Waals surface area contributed by atoms with Gasteiger partial charge in [-0.3, -0.25) is 0 Å². The Morgan fingerprint density at radius 2 is 0.577 bits per heavy atom. The molecule has 0 saturated carbocycles. The smallest absolute Gasteiger partial charge is 0.203 e. The summed E-state index contributed by atoms with van der Waals surface area (Å²) in [5.74, 6) is 2.49. The van der Waals surface area contributed by atoms with E-state index in [1.807, 2.05) is 121 Å². The molecule has 0 saturated heterocycles. The van der Waals surface area contributed by atoms with Crippen LogP contribution in [0.15, 0.2) is 458 Å². The highest BCUT2D eigenvalue weighted by Gasteiger charge is 2.48. The number of allylic oxidation sites excluding steroid dienone is 4. The number of phenols is 1. The van der Waals surface area contributed by atoms with Crippen LogP contribution in [0.1, 0.15) is 5.56 Å². The average Bonchev–Trinajstić information content (AvgIpc) is 0.772. The molecule has 0 radical (unpaired) electrons. The van der Waals surface area contributed by atoms with Crippen molar-refractivity contribution in [2.45, 2.75) is 93.3 Å². The number of methoxy groups -OCH3 is 1. The second-order valence-electron chi connectivity index (χ2n) is 24.0. The van der Waals surface area contributed by atoms with Crippen molar-refractivity contribution in [3.8, 4) is 23.0 Å². The molecule has 13 aromatic carbocycles. The predicted octanol–water partition coefficient (Wildman–Crippen LogP) is 22.7. The Hall–Kier alpha value is -10.4. The van der Waals surface area contributed by atoms with E-state index < -0.39 is 0 Å². The lowest BCUT2D eigenvalue weighted by molar-refractivity contribution is 0.242. The Bertz CT molecular complexity index is 4710. The number of fused-ring (bicyclic) bond motifs is 4. The zero-order valence-corrected chi connectivity index (χ0v) is 61.3. The van der Waals surface area contributed by atoms with Gasteiger partial charge in [0.25, 0.3) is 0 Å². The molecule has 2 heterocycles. The maximum absolute atomic E-state index is 13.2. The predicted molar refractivity (Wildman–Crippen MR) is 424 cm³/mol. The van der Waals surface area contributed by atoms with Crippen LogP contribution in [0.5, 0.6) is 23.0 Å². The van der Waals surface area contributed by atoms with Gasteiger partial charge in [-0.05, 0) is 250 Å². The van der Waals surface area contributed by atoms with Crippen LogP contribution in [0.25, 0.3) is 0 Å². The van der Waals surface area contributed by atoms with Gasteiger partial charge in [-0.15, -0.1) is 0 Å². The molecule has 13 aromatic rings. The minimum absolute atomic E-state index is 0.0292. The largest absolute Gasteiger partial charge is 0.508 e. The molecule has 4 aliphatic rings. The SMILES string of the molecule is COc1ccc([S+](c2ccccc2)c2ccccc2)cc1.Cc1ccc([S+]2c3ccccc3OC3C=CC=CC32)cc1.Fc1ccc([S+](c2ccccc2)c2ccc(F)cc2)cc1.Fc1ccc([S+](c2ccccc2)c2ccccc2)cc1.Oc1ccc([S+]2c3ccccc3OC3C=CC=CC32)cc1. The van der Waals surface area contributed by atoms with Crippen LogP contribution in [-0.4, -0.2) is 34.9 Å². The Labute approximate surface area is 623 Å². The number of hydrogen-bond acceptors (Lipinski definition) is 4. The van der Waals surface area contributed by atoms with E-state index in [0.717, 1.165) is 36.8 Å². The van der Waals surface area contributed by atoms with E-state index in [0.29, 0.717) is 16.2 Å². The van der Waals surface area contributed by atoms with Crippen molar-refractivity contribution in [2.75, 3.05) is 7.11 Å². The fraction of sp³-hybridized carbons (Fsp3) is 0.0652. The van der Waals surface area contributed by atoms with E-state index in [4.69, 9.17) is 14.2 Å². The number of benzene rings is 13. The summed E-state index contributed by atoms with van der Waals surface area (Å²) in [6.45, 7) is 2.14. The lowest BCUT2D eigenvalue weighted by Crippen LogP contribution is -2.40. The maximum Gasteiger partial charge on any atom is 0.203 e. The molecule has 1 N–H and O–H groups in total. The molecule has 514 valence electrons. The van der Waals surface area contributed by atoms with Gasteiger partial charge in [0.1, 0.15) is 29.0 Å². The number of phenolic OH excluding ortho intramolecular Hbond substituents is 1. The molecule has 4 nitrogen and oxygen atoms in total. The van der Waals surface area contributed by atoms with Gasteiger partial charge in [-0.25, -0.2) is 13.2 Å². The summed E-state index contributed by atoms with van der Waals surface area (Å²) in [5, 5.41) is 10.2. The number of hydrogen-bond donors (Lipinski definition) is 1. The normalized spacial score (nSPS) is 16.8. The second-order valence-corrected chi connectivity index (χ2v) is 34.4. The lowest BCUT2D eigenvalue weighted by atomic mass is 10.1.